The van der Waals surface area contributed by atoms with Gasteiger partial charge in [-0.3, -0.25) is 10.1 Å². The summed E-state index contributed by atoms with van der Waals surface area (Å²) in [5.74, 6) is -0.591. The minimum Gasteiger partial charge on any atom is -0.465 e. The zero-order valence-electron chi connectivity index (χ0n) is 8.43. The van der Waals surface area contributed by atoms with Gasteiger partial charge in [0.2, 0.25) is 0 Å². The van der Waals surface area contributed by atoms with E-state index in [2.05, 4.69) is 10.1 Å². The molecular weight excluding hydrogens is 211 g/mol. The number of carbonyl (C=O) groups is 1. The van der Waals surface area contributed by atoms with Crippen LogP contribution in [0.15, 0.2) is 0 Å². The fourth-order valence-corrected chi connectivity index (χ4v) is 1.62. The zero-order valence-corrected chi connectivity index (χ0v) is 8.43. The van der Waals surface area contributed by atoms with Crippen LogP contribution in [0.3, 0.4) is 0 Å². The predicted octanol–water partition coefficient (Wildman–Crippen LogP) is 1.62. The van der Waals surface area contributed by atoms with Gasteiger partial charge in [-0.15, -0.1) is 0 Å². The summed E-state index contributed by atoms with van der Waals surface area (Å²) >= 11 is 0. The Labute approximate surface area is 86.0 Å². The molecule has 88 valence electrons. The molecule has 6 heteroatoms. The number of hydrogen-bond donors (Lipinski definition) is 1. The van der Waals surface area contributed by atoms with E-state index in [0.717, 1.165) is 0 Å². The summed E-state index contributed by atoms with van der Waals surface area (Å²) in [5, 5.41) is 2.28. The van der Waals surface area contributed by atoms with Crippen molar-refractivity contribution in [2.45, 2.75) is 44.4 Å². The van der Waals surface area contributed by atoms with E-state index in [0.29, 0.717) is 12.8 Å². The first-order valence-corrected chi connectivity index (χ1v) is 4.94. The van der Waals surface area contributed by atoms with Crippen LogP contribution in [0.2, 0.25) is 0 Å². The molecule has 0 aromatic heterocycles. The smallest absolute Gasteiger partial charge is 0.403 e. The average Bonchev–Trinajstić information content (AvgIpc) is 2.17. The lowest BCUT2D eigenvalue weighted by atomic mass is 9.98. The molecule has 3 nitrogen and oxygen atoms in total. The third-order valence-corrected chi connectivity index (χ3v) is 2.35. The highest BCUT2D eigenvalue weighted by Crippen LogP contribution is 2.27. The number of nitrogens with one attached hydrogen (secondary N) is 1. The van der Waals surface area contributed by atoms with Crippen molar-refractivity contribution in [1.29, 1.82) is 0 Å². The zero-order chi connectivity index (χ0) is 11.5. The van der Waals surface area contributed by atoms with Gasteiger partial charge >= 0.3 is 12.1 Å². The van der Waals surface area contributed by atoms with Crippen molar-refractivity contribution in [3.63, 3.8) is 0 Å². The van der Waals surface area contributed by atoms with Crippen LogP contribution in [0.5, 0.6) is 0 Å². The predicted molar refractivity (Wildman–Crippen MR) is 47.3 cm³/mol. The molecule has 0 amide bonds. The number of hydrogen-bond acceptors (Lipinski definition) is 3. The second-order valence-corrected chi connectivity index (χ2v) is 3.50. The summed E-state index contributed by atoms with van der Waals surface area (Å²) in [5.41, 5.74) is 0. The lowest BCUT2D eigenvalue weighted by Gasteiger charge is -2.30. The number of esters is 1. The number of ether oxygens (including phenoxy) is 1. The third-order valence-electron chi connectivity index (χ3n) is 2.35. The minimum absolute atomic E-state index is 0.0272. The van der Waals surface area contributed by atoms with E-state index >= 15 is 0 Å². The highest BCUT2D eigenvalue weighted by Gasteiger charge is 2.43. The average molecular weight is 225 g/mol. The molecule has 0 unspecified atom stereocenters. The van der Waals surface area contributed by atoms with Crippen LogP contribution in [0, 0.1) is 0 Å². The van der Waals surface area contributed by atoms with Gasteiger partial charge in [-0.1, -0.05) is 0 Å². The highest BCUT2D eigenvalue weighted by molar-refractivity contribution is 5.75. The van der Waals surface area contributed by atoms with E-state index in [1.54, 1.807) is 6.92 Å². The van der Waals surface area contributed by atoms with Crippen molar-refractivity contribution in [2.75, 3.05) is 6.61 Å². The summed E-state index contributed by atoms with van der Waals surface area (Å²) in [6, 6.07) is -2.40. The Kier molecular flexibility index (Phi) is 3.96. The molecule has 0 aromatic carbocycles. The Morgan fingerprint density at radius 1 is 1.47 bits per heavy atom. The van der Waals surface area contributed by atoms with Gasteiger partial charge in [0.15, 0.2) is 0 Å². The van der Waals surface area contributed by atoms with Crippen LogP contribution in [0.1, 0.15) is 26.2 Å². The van der Waals surface area contributed by atoms with E-state index in [9.17, 15) is 18.0 Å². The Bertz CT molecular complexity index is 230. The SMILES string of the molecule is CCOC(=O)[C@@H]1CCC[C@H](C(F)(F)F)N1. The lowest BCUT2D eigenvalue weighted by molar-refractivity contribution is -0.168. The maximum Gasteiger partial charge on any atom is 0.403 e. The van der Waals surface area contributed by atoms with Gasteiger partial charge in [-0.05, 0) is 26.2 Å². The number of rotatable bonds is 2. The van der Waals surface area contributed by atoms with E-state index in [-0.39, 0.29) is 13.0 Å². The van der Waals surface area contributed by atoms with Gasteiger partial charge < -0.3 is 4.74 Å². The molecule has 1 heterocycles. The van der Waals surface area contributed by atoms with Crippen molar-refractivity contribution in [2.24, 2.45) is 0 Å². The molecule has 1 fully saturated rings. The largest absolute Gasteiger partial charge is 0.465 e. The summed E-state index contributed by atoms with van der Waals surface area (Å²) in [4.78, 5) is 11.2. The Balaban J connectivity index is 2.52. The second kappa shape index (κ2) is 4.83. The molecule has 1 N–H and O–H groups in total. The van der Waals surface area contributed by atoms with Crippen LogP contribution in [0.25, 0.3) is 0 Å². The van der Waals surface area contributed by atoms with Crippen molar-refractivity contribution in [3.8, 4) is 0 Å². The Hall–Kier alpha value is -0.780. The lowest BCUT2D eigenvalue weighted by Crippen LogP contribution is -2.53. The van der Waals surface area contributed by atoms with Gasteiger partial charge in [0.1, 0.15) is 12.1 Å². The van der Waals surface area contributed by atoms with Crippen LogP contribution in [-0.2, 0) is 9.53 Å². The molecule has 0 radical (unpaired) electrons. The monoisotopic (exact) mass is 225 g/mol. The van der Waals surface area contributed by atoms with Gasteiger partial charge in [0.25, 0.3) is 0 Å². The first kappa shape index (κ1) is 12.3. The number of halogens is 3. The first-order valence-electron chi connectivity index (χ1n) is 4.94. The minimum atomic E-state index is -4.29. The topological polar surface area (TPSA) is 38.3 Å². The maximum absolute atomic E-state index is 12.3. The molecule has 2 atom stereocenters. The Morgan fingerprint density at radius 2 is 2.13 bits per heavy atom. The van der Waals surface area contributed by atoms with Gasteiger partial charge in [0.05, 0.1) is 6.61 Å². The van der Waals surface area contributed by atoms with E-state index < -0.39 is 24.2 Å². The van der Waals surface area contributed by atoms with Gasteiger partial charge in [-0.2, -0.15) is 13.2 Å². The summed E-state index contributed by atoms with van der Waals surface area (Å²) < 4.78 is 41.7. The number of piperidine rings is 1. The molecule has 0 spiro atoms. The number of alkyl halides is 3. The van der Waals surface area contributed by atoms with Crippen molar-refractivity contribution < 1.29 is 22.7 Å². The summed E-state index contributed by atoms with van der Waals surface area (Å²) in [6.45, 7) is 1.82. The fraction of sp³-hybridized carbons (Fsp3) is 0.889. The molecule has 1 aliphatic rings. The second-order valence-electron chi connectivity index (χ2n) is 3.50. The van der Waals surface area contributed by atoms with E-state index in [1.807, 2.05) is 0 Å². The standard InChI is InChI=1S/C9H14F3NO2/c1-2-15-8(14)6-4-3-5-7(13-6)9(10,11)12/h6-7,13H,2-5H2,1H3/t6-,7+/m0/s1. The quantitative estimate of drug-likeness (QED) is 0.726. The molecular formula is C9H14F3NO2. The maximum atomic E-state index is 12.3. The van der Waals surface area contributed by atoms with Crippen LogP contribution < -0.4 is 5.32 Å². The molecule has 1 rings (SSSR count). The molecule has 1 aliphatic heterocycles. The normalized spacial score (nSPS) is 27.5. The van der Waals surface area contributed by atoms with Crippen molar-refractivity contribution in [1.82, 2.24) is 5.32 Å². The van der Waals surface area contributed by atoms with Crippen LogP contribution in [0.4, 0.5) is 13.2 Å². The summed E-state index contributed by atoms with van der Waals surface area (Å²) in [6.07, 6.45) is -3.46. The van der Waals surface area contributed by atoms with Crippen molar-refractivity contribution in [3.05, 3.63) is 0 Å². The fourth-order valence-electron chi connectivity index (χ4n) is 1.62. The summed E-state index contributed by atoms with van der Waals surface area (Å²) in [7, 11) is 0. The molecule has 1 saturated heterocycles. The molecule has 15 heavy (non-hydrogen) atoms. The molecule has 0 bridgehead atoms. The number of carbonyl (C=O) groups excluding carboxylic acids is 1. The van der Waals surface area contributed by atoms with Crippen LogP contribution in [-0.4, -0.2) is 30.8 Å². The van der Waals surface area contributed by atoms with Crippen molar-refractivity contribution >= 4 is 5.97 Å². The Morgan fingerprint density at radius 3 is 2.67 bits per heavy atom. The van der Waals surface area contributed by atoms with E-state index in [1.165, 1.54) is 0 Å². The van der Waals surface area contributed by atoms with Crippen LogP contribution >= 0.6 is 0 Å². The molecule has 0 aliphatic carbocycles. The van der Waals surface area contributed by atoms with Gasteiger partial charge in [0, 0.05) is 0 Å². The van der Waals surface area contributed by atoms with Gasteiger partial charge in [-0.25, -0.2) is 0 Å². The third kappa shape index (κ3) is 3.37. The highest BCUT2D eigenvalue weighted by atomic mass is 19.4. The molecule has 0 aromatic rings. The van der Waals surface area contributed by atoms with E-state index in [4.69, 9.17) is 0 Å². The first-order chi connectivity index (χ1) is 6.95. The molecule has 0 saturated carbocycles.